The zero-order valence-corrected chi connectivity index (χ0v) is 12.5. The van der Waals surface area contributed by atoms with Gasteiger partial charge in [0.05, 0.1) is 6.61 Å². The van der Waals surface area contributed by atoms with E-state index in [1.54, 1.807) is 0 Å². The predicted octanol–water partition coefficient (Wildman–Crippen LogP) is 2.96. The molecule has 0 spiro atoms. The first-order valence-electron chi connectivity index (χ1n) is 7.40. The van der Waals surface area contributed by atoms with Gasteiger partial charge in [0, 0.05) is 30.4 Å². The summed E-state index contributed by atoms with van der Waals surface area (Å²) in [6, 6.07) is 11.8. The highest BCUT2D eigenvalue weighted by Gasteiger charge is 2.03. The number of anilines is 2. The number of rotatable bonds is 7. The van der Waals surface area contributed by atoms with Gasteiger partial charge >= 0.3 is 0 Å². The standard InChI is InChI=1S/C17H23N3O/c1-2-3-8-19-15-10-16(20-17(18)11-15)9-13-4-6-14(12-21)7-5-13/h4-7,10-11,21H,2-3,8-9,12H2,1H3,(H3,18,19,20). The molecule has 2 rings (SSSR count). The van der Waals surface area contributed by atoms with E-state index in [0.29, 0.717) is 5.82 Å². The van der Waals surface area contributed by atoms with Gasteiger partial charge in [0.1, 0.15) is 5.82 Å². The smallest absolute Gasteiger partial charge is 0.125 e. The molecule has 0 aliphatic carbocycles. The van der Waals surface area contributed by atoms with Crippen LogP contribution in [0.3, 0.4) is 0 Å². The SMILES string of the molecule is CCCCNc1cc(N)nc(Cc2ccc(CO)cc2)c1. The van der Waals surface area contributed by atoms with Gasteiger partial charge < -0.3 is 16.2 Å². The quantitative estimate of drug-likeness (QED) is 0.684. The highest BCUT2D eigenvalue weighted by molar-refractivity contribution is 5.52. The van der Waals surface area contributed by atoms with Crippen LogP contribution >= 0.6 is 0 Å². The van der Waals surface area contributed by atoms with Crippen molar-refractivity contribution in [3.63, 3.8) is 0 Å². The van der Waals surface area contributed by atoms with Crippen molar-refractivity contribution in [2.75, 3.05) is 17.6 Å². The number of nitrogens with one attached hydrogen (secondary N) is 1. The normalized spacial score (nSPS) is 10.6. The lowest BCUT2D eigenvalue weighted by molar-refractivity contribution is 0.282. The summed E-state index contributed by atoms with van der Waals surface area (Å²) in [6.07, 6.45) is 3.04. The van der Waals surface area contributed by atoms with E-state index in [1.807, 2.05) is 36.4 Å². The Labute approximate surface area is 126 Å². The summed E-state index contributed by atoms with van der Waals surface area (Å²) in [7, 11) is 0. The van der Waals surface area contributed by atoms with E-state index >= 15 is 0 Å². The molecule has 1 aromatic carbocycles. The molecule has 1 aromatic heterocycles. The van der Waals surface area contributed by atoms with Crippen molar-refractivity contribution in [1.82, 2.24) is 4.98 Å². The van der Waals surface area contributed by atoms with Crippen molar-refractivity contribution in [3.05, 3.63) is 53.2 Å². The largest absolute Gasteiger partial charge is 0.392 e. The number of pyridine rings is 1. The molecule has 0 fully saturated rings. The Kier molecular flexibility index (Phi) is 5.58. The summed E-state index contributed by atoms with van der Waals surface area (Å²) in [6.45, 7) is 3.19. The number of aliphatic hydroxyl groups is 1. The molecular weight excluding hydrogens is 262 g/mol. The van der Waals surface area contributed by atoms with E-state index in [4.69, 9.17) is 10.8 Å². The number of nitrogens with zero attached hydrogens (tertiary/aromatic N) is 1. The molecule has 0 atom stereocenters. The summed E-state index contributed by atoms with van der Waals surface area (Å²) in [5, 5.41) is 12.4. The first-order chi connectivity index (χ1) is 10.2. The van der Waals surface area contributed by atoms with Crippen molar-refractivity contribution in [2.24, 2.45) is 0 Å². The number of aromatic nitrogens is 1. The lowest BCUT2D eigenvalue weighted by Gasteiger charge is -2.09. The van der Waals surface area contributed by atoms with Gasteiger partial charge in [-0.05, 0) is 23.6 Å². The zero-order valence-electron chi connectivity index (χ0n) is 12.5. The second kappa shape index (κ2) is 7.64. The van der Waals surface area contributed by atoms with E-state index in [2.05, 4.69) is 17.2 Å². The van der Waals surface area contributed by atoms with Gasteiger partial charge in [-0.15, -0.1) is 0 Å². The average Bonchev–Trinajstić information content (AvgIpc) is 2.48. The third-order valence-electron chi connectivity index (χ3n) is 3.35. The molecule has 4 heteroatoms. The first-order valence-corrected chi connectivity index (χ1v) is 7.40. The number of unbranched alkanes of at least 4 members (excludes halogenated alkanes) is 1. The van der Waals surface area contributed by atoms with Crippen LogP contribution in [0.1, 0.15) is 36.6 Å². The van der Waals surface area contributed by atoms with Crippen LogP contribution in [-0.2, 0) is 13.0 Å². The maximum absolute atomic E-state index is 9.06. The summed E-state index contributed by atoms with van der Waals surface area (Å²) < 4.78 is 0. The number of nitrogens with two attached hydrogens (primary N) is 1. The van der Waals surface area contributed by atoms with Crippen molar-refractivity contribution < 1.29 is 5.11 Å². The van der Waals surface area contributed by atoms with Crippen LogP contribution in [0.2, 0.25) is 0 Å². The summed E-state index contributed by atoms with van der Waals surface area (Å²) in [5.74, 6) is 0.540. The average molecular weight is 285 g/mol. The van der Waals surface area contributed by atoms with Crippen molar-refractivity contribution in [1.29, 1.82) is 0 Å². The Morgan fingerprint density at radius 3 is 2.52 bits per heavy atom. The van der Waals surface area contributed by atoms with Crippen LogP contribution in [0.5, 0.6) is 0 Å². The van der Waals surface area contributed by atoms with Gasteiger partial charge in [-0.3, -0.25) is 0 Å². The van der Waals surface area contributed by atoms with E-state index in [9.17, 15) is 0 Å². The van der Waals surface area contributed by atoms with Crippen molar-refractivity contribution in [3.8, 4) is 0 Å². The summed E-state index contributed by atoms with van der Waals surface area (Å²) in [5.41, 5.74) is 9.93. The molecule has 0 aliphatic rings. The summed E-state index contributed by atoms with van der Waals surface area (Å²) in [4.78, 5) is 4.39. The molecule has 0 amide bonds. The van der Waals surface area contributed by atoms with Crippen LogP contribution in [0, 0.1) is 0 Å². The van der Waals surface area contributed by atoms with Gasteiger partial charge in [-0.1, -0.05) is 37.6 Å². The van der Waals surface area contributed by atoms with Crippen LogP contribution in [0.25, 0.3) is 0 Å². The molecule has 112 valence electrons. The van der Waals surface area contributed by atoms with Crippen LogP contribution < -0.4 is 11.1 Å². The number of benzene rings is 1. The Balaban J connectivity index is 2.07. The summed E-state index contributed by atoms with van der Waals surface area (Å²) >= 11 is 0. The van der Waals surface area contributed by atoms with Crippen LogP contribution in [0.15, 0.2) is 36.4 Å². The molecule has 0 saturated carbocycles. The van der Waals surface area contributed by atoms with Gasteiger partial charge in [0.15, 0.2) is 0 Å². The highest BCUT2D eigenvalue weighted by atomic mass is 16.3. The minimum absolute atomic E-state index is 0.0717. The minimum atomic E-state index is 0.0717. The number of nitrogen functional groups attached to an aromatic ring is 1. The molecule has 4 nitrogen and oxygen atoms in total. The van der Waals surface area contributed by atoms with Gasteiger partial charge in [-0.2, -0.15) is 0 Å². The van der Waals surface area contributed by atoms with Crippen molar-refractivity contribution in [2.45, 2.75) is 32.8 Å². The fourth-order valence-electron chi connectivity index (χ4n) is 2.18. The van der Waals surface area contributed by atoms with Crippen molar-refractivity contribution >= 4 is 11.5 Å². The maximum atomic E-state index is 9.06. The zero-order chi connectivity index (χ0) is 15.1. The van der Waals surface area contributed by atoms with Gasteiger partial charge in [0.2, 0.25) is 0 Å². The minimum Gasteiger partial charge on any atom is -0.392 e. The van der Waals surface area contributed by atoms with Gasteiger partial charge in [0.25, 0.3) is 0 Å². The number of hydrogen-bond acceptors (Lipinski definition) is 4. The second-order valence-electron chi connectivity index (χ2n) is 5.20. The lowest BCUT2D eigenvalue weighted by atomic mass is 10.1. The fraction of sp³-hybridized carbons (Fsp3) is 0.353. The third kappa shape index (κ3) is 4.76. The third-order valence-corrected chi connectivity index (χ3v) is 3.35. The molecule has 0 unspecified atom stereocenters. The lowest BCUT2D eigenvalue weighted by Crippen LogP contribution is -2.04. The molecule has 4 N–H and O–H groups in total. The molecular formula is C17H23N3O. The van der Waals surface area contributed by atoms with E-state index in [-0.39, 0.29) is 6.61 Å². The molecule has 1 heterocycles. The predicted molar refractivity (Wildman–Crippen MR) is 87.2 cm³/mol. The van der Waals surface area contributed by atoms with E-state index in [1.165, 1.54) is 0 Å². The van der Waals surface area contributed by atoms with Crippen LogP contribution in [-0.4, -0.2) is 16.6 Å². The molecule has 0 radical (unpaired) electrons. The Morgan fingerprint density at radius 1 is 1.14 bits per heavy atom. The Bertz CT molecular complexity index is 567. The highest BCUT2D eigenvalue weighted by Crippen LogP contribution is 2.17. The molecule has 2 aromatic rings. The first kappa shape index (κ1) is 15.3. The van der Waals surface area contributed by atoms with E-state index < -0.39 is 0 Å². The van der Waals surface area contributed by atoms with Crippen LogP contribution in [0.4, 0.5) is 11.5 Å². The van der Waals surface area contributed by atoms with Gasteiger partial charge in [-0.25, -0.2) is 4.98 Å². The monoisotopic (exact) mass is 285 g/mol. The number of aliphatic hydroxyl groups excluding tert-OH is 1. The fourth-order valence-corrected chi connectivity index (χ4v) is 2.18. The molecule has 0 saturated heterocycles. The topological polar surface area (TPSA) is 71.2 Å². The Hall–Kier alpha value is -2.07. The molecule has 0 aliphatic heterocycles. The van der Waals surface area contributed by atoms with E-state index in [0.717, 1.165) is 48.3 Å². The molecule has 0 bridgehead atoms. The maximum Gasteiger partial charge on any atom is 0.125 e. The Morgan fingerprint density at radius 2 is 1.86 bits per heavy atom. The second-order valence-corrected chi connectivity index (χ2v) is 5.20. The molecule has 21 heavy (non-hydrogen) atoms. The number of hydrogen-bond donors (Lipinski definition) is 3.